The van der Waals surface area contributed by atoms with E-state index in [0.29, 0.717) is 23.7 Å². The molecule has 2 N–H and O–H groups in total. The number of phenols is 1. The SMILES string of the molecule is CN(C(=O)C1(CC(=O)O)Cc2ccccc2C1)c1nc(-c2cccc(O)c2)cs1. The summed E-state index contributed by atoms with van der Waals surface area (Å²) in [6, 6.07) is 14.5. The molecule has 0 unspecified atom stereocenters. The number of benzene rings is 2. The number of thiazole rings is 1. The van der Waals surface area contributed by atoms with Crippen molar-refractivity contribution in [1.82, 2.24) is 4.98 Å². The maximum absolute atomic E-state index is 13.5. The number of carboxylic acids is 1. The lowest BCUT2D eigenvalue weighted by Gasteiger charge is -2.30. The molecule has 4 rings (SSSR count). The van der Waals surface area contributed by atoms with Gasteiger partial charge in [-0.2, -0.15) is 0 Å². The van der Waals surface area contributed by atoms with Crippen molar-refractivity contribution in [3.05, 3.63) is 65.0 Å². The third kappa shape index (κ3) is 3.61. The van der Waals surface area contributed by atoms with Crippen molar-refractivity contribution >= 4 is 28.3 Å². The van der Waals surface area contributed by atoms with Gasteiger partial charge >= 0.3 is 5.97 Å². The van der Waals surface area contributed by atoms with Crippen LogP contribution < -0.4 is 4.90 Å². The molecule has 1 aromatic heterocycles. The van der Waals surface area contributed by atoms with Crippen molar-refractivity contribution in [1.29, 1.82) is 0 Å². The fourth-order valence-electron chi connectivity index (χ4n) is 3.99. The normalized spacial score (nSPS) is 14.4. The number of hydrogen-bond donors (Lipinski definition) is 2. The summed E-state index contributed by atoms with van der Waals surface area (Å²) in [6.07, 6.45) is 0.586. The molecule has 0 saturated heterocycles. The lowest BCUT2D eigenvalue weighted by atomic mass is 9.80. The number of nitrogens with zero attached hydrogens (tertiary/aromatic N) is 2. The first-order valence-corrected chi connectivity index (χ1v) is 10.1. The van der Waals surface area contributed by atoms with Gasteiger partial charge in [0, 0.05) is 18.0 Å². The molecule has 1 amide bonds. The highest BCUT2D eigenvalue weighted by Crippen LogP contribution is 2.42. The summed E-state index contributed by atoms with van der Waals surface area (Å²) in [7, 11) is 1.64. The van der Waals surface area contributed by atoms with Crippen molar-refractivity contribution in [2.24, 2.45) is 5.41 Å². The minimum Gasteiger partial charge on any atom is -0.508 e. The molecule has 0 saturated carbocycles. The number of rotatable bonds is 5. The number of phenolic OH excluding ortho intramolecular Hbond substituents is 1. The molecule has 2 aromatic carbocycles. The van der Waals surface area contributed by atoms with E-state index < -0.39 is 11.4 Å². The molecule has 6 nitrogen and oxygen atoms in total. The largest absolute Gasteiger partial charge is 0.508 e. The Morgan fingerprint density at radius 2 is 1.83 bits per heavy atom. The average molecular weight is 408 g/mol. The van der Waals surface area contributed by atoms with Crippen LogP contribution in [0.25, 0.3) is 11.3 Å². The van der Waals surface area contributed by atoms with Gasteiger partial charge < -0.3 is 10.2 Å². The lowest BCUT2D eigenvalue weighted by Crippen LogP contribution is -2.44. The Hall–Kier alpha value is -3.19. The Balaban J connectivity index is 1.63. The number of amides is 1. The Bertz CT molecular complexity index is 1070. The van der Waals surface area contributed by atoms with Gasteiger partial charge in [0.25, 0.3) is 0 Å². The molecule has 0 radical (unpaired) electrons. The van der Waals surface area contributed by atoms with Gasteiger partial charge in [-0.05, 0) is 36.1 Å². The van der Waals surface area contributed by atoms with E-state index in [2.05, 4.69) is 4.98 Å². The van der Waals surface area contributed by atoms with Crippen molar-refractivity contribution in [3.63, 3.8) is 0 Å². The average Bonchev–Trinajstić information content (AvgIpc) is 3.31. The van der Waals surface area contributed by atoms with Gasteiger partial charge in [0.2, 0.25) is 5.91 Å². The van der Waals surface area contributed by atoms with E-state index in [1.54, 1.807) is 25.2 Å². The predicted molar refractivity (Wildman–Crippen MR) is 111 cm³/mol. The van der Waals surface area contributed by atoms with Crippen LogP contribution in [0.1, 0.15) is 17.5 Å². The zero-order valence-corrected chi connectivity index (χ0v) is 16.6. The quantitative estimate of drug-likeness (QED) is 0.671. The molecule has 0 atom stereocenters. The molecule has 1 aliphatic carbocycles. The van der Waals surface area contributed by atoms with Gasteiger partial charge in [-0.25, -0.2) is 4.98 Å². The first-order chi connectivity index (χ1) is 13.9. The van der Waals surface area contributed by atoms with Crippen LogP contribution in [0.3, 0.4) is 0 Å². The smallest absolute Gasteiger partial charge is 0.304 e. The van der Waals surface area contributed by atoms with E-state index in [-0.39, 0.29) is 18.1 Å². The number of aromatic nitrogens is 1. The lowest BCUT2D eigenvalue weighted by molar-refractivity contribution is -0.144. The molecule has 29 heavy (non-hydrogen) atoms. The van der Waals surface area contributed by atoms with Crippen molar-refractivity contribution in [2.45, 2.75) is 19.3 Å². The molecule has 3 aromatic rings. The van der Waals surface area contributed by atoms with E-state index in [0.717, 1.165) is 16.7 Å². The minimum atomic E-state index is -1.01. The van der Waals surface area contributed by atoms with Crippen LogP contribution in [0.2, 0.25) is 0 Å². The molecular formula is C22H20N2O4S. The van der Waals surface area contributed by atoms with E-state index in [4.69, 9.17) is 0 Å². The van der Waals surface area contributed by atoms with Crippen LogP contribution in [0.5, 0.6) is 5.75 Å². The first kappa shape index (κ1) is 19.1. The van der Waals surface area contributed by atoms with Crippen LogP contribution in [0.15, 0.2) is 53.9 Å². The molecule has 0 bridgehead atoms. The highest BCUT2D eigenvalue weighted by Gasteiger charge is 2.47. The Kier molecular flexibility index (Phi) is 4.84. The number of carbonyl (C=O) groups is 2. The highest BCUT2D eigenvalue weighted by molar-refractivity contribution is 7.14. The van der Waals surface area contributed by atoms with Crippen LogP contribution in [0, 0.1) is 5.41 Å². The van der Waals surface area contributed by atoms with E-state index >= 15 is 0 Å². The number of carbonyl (C=O) groups excluding carboxylic acids is 1. The maximum Gasteiger partial charge on any atom is 0.304 e. The molecular weight excluding hydrogens is 388 g/mol. The molecule has 148 valence electrons. The monoisotopic (exact) mass is 408 g/mol. The van der Waals surface area contributed by atoms with Crippen molar-refractivity contribution in [2.75, 3.05) is 11.9 Å². The number of hydrogen-bond acceptors (Lipinski definition) is 5. The summed E-state index contributed by atoms with van der Waals surface area (Å²) < 4.78 is 0. The second-order valence-corrected chi connectivity index (χ2v) is 8.24. The Morgan fingerprint density at radius 3 is 2.45 bits per heavy atom. The number of anilines is 1. The maximum atomic E-state index is 13.5. The summed E-state index contributed by atoms with van der Waals surface area (Å²) in [5.41, 5.74) is 2.44. The first-order valence-electron chi connectivity index (χ1n) is 9.20. The second-order valence-electron chi connectivity index (χ2n) is 7.40. The Labute approximate surface area is 172 Å². The predicted octanol–water partition coefficient (Wildman–Crippen LogP) is 3.74. The molecule has 0 spiro atoms. The summed E-state index contributed by atoms with van der Waals surface area (Å²) in [4.78, 5) is 31.1. The van der Waals surface area contributed by atoms with Gasteiger partial charge in [0.1, 0.15) is 5.75 Å². The number of fused-ring (bicyclic) bond motifs is 1. The zero-order valence-electron chi connectivity index (χ0n) is 15.8. The van der Waals surface area contributed by atoms with E-state index in [1.165, 1.54) is 16.2 Å². The Morgan fingerprint density at radius 1 is 1.14 bits per heavy atom. The van der Waals surface area contributed by atoms with Crippen LogP contribution in [0.4, 0.5) is 5.13 Å². The fourth-order valence-corrected chi connectivity index (χ4v) is 4.79. The van der Waals surface area contributed by atoms with Gasteiger partial charge in [-0.3, -0.25) is 14.5 Å². The second kappa shape index (κ2) is 7.33. The molecule has 1 heterocycles. The fraction of sp³-hybridized carbons (Fsp3) is 0.227. The molecule has 1 aliphatic rings. The number of carboxylic acid groups (broad SMARTS) is 1. The van der Waals surface area contributed by atoms with Crippen LogP contribution in [-0.4, -0.2) is 34.1 Å². The van der Waals surface area contributed by atoms with Crippen molar-refractivity contribution in [3.8, 4) is 17.0 Å². The summed E-state index contributed by atoms with van der Waals surface area (Å²) in [5.74, 6) is -1.09. The van der Waals surface area contributed by atoms with Gasteiger partial charge in [0.15, 0.2) is 5.13 Å². The molecule has 0 fully saturated rings. The standard InChI is InChI=1S/C22H20N2O4S/c1-24(21-23-18(13-29-21)14-7-4-8-17(25)9-14)20(28)22(12-19(26)27)10-15-5-2-3-6-16(15)11-22/h2-9,13,25H,10-12H2,1H3,(H,26,27). The topological polar surface area (TPSA) is 90.7 Å². The number of aromatic hydroxyl groups is 1. The zero-order chi connectivity index (χ0) is 20.6. The third-order valence-corrected chi connectivity index (χ3v) is 6.26. The van der Waals surface area contributed by atoms with Crippen LogP contribution >= 0.6 is 11.3 Å². The van der Waals surface area contributed by atoms with E-state index in [1.807, 2.05) is 35.7 Å². The number of aliphatic carboxylic acids is 1. The minimum absolute atomic E-state index is 0.144. The molecule has 7 heteroatoms. The third-order valence-electron chi connectivity index (χ3n) is 5.34. The van der Waals surface area contributed by atoms with Crippen molar-refractivity contribution < 1.29 is 19.8 Å². The van der Waals surface area contributed by atoms with Crippen LogP contribution in [-0.2, 0) is 22.4 Å². The summed E-state index contributed by atoms with van der Waals surface area (Å²) in [6.45, 7) is 0. The summed E-state index contributed by atoms with van der Waals surface area (Å²) >= 11 is 1.31. The van der Waals surface area contributed by atoms with Gasteiger partial charge in [0.05, 0.1) is 17.5 Å². The highest BCUT2D eigenvalue weighted by atomic mass is 32.1. The molecule has 0 aliphatic heterocycles. The van der Waals surface area contributed by atoms with Gasteiger partial charge in [-0.15, -0.1) is 11.3 Å². The summed E-state index contributed by atoms with van der Waals surface area (Å²) in [5, 5.41) is 21.5. The van der Waals surface area contributed by atoms with E-state index in [9.17, 15) is 19.8 Å². The van der Waals surface area contributed by atoms with Gasteiger partial charge in [-0.1, -0.05) is 36.4 Å².